The number of hydrogen-bond acceptors (Lipinski definition) is 5. The van der Waals surface area contributed by atoms with Crippen LogP contribution in [0.1, 0.15) is 10.5 Å². The van der Waals surface area contributed by atoms with Gasteiger partial charge in [0.15, 0.2) is 0 Å². The molecule has 0 aliphatic carbocycles. The Hall–Kier alpha value is -2.07. The van der Waals surface area contributed by atoms with E-state index in [1.807, 2.05) is 24.3 Å². The monoisotopic (exact) mass is 439 g/mol. The zero-order valence-corrected chi connectivity index (χ0v) is 16.9. The van der Waals surface area contributed by atoms with Crippen molar-refractivity contribution in [3.8, 4) is 0 Å². The Labute approximate surface area is 170 Å². The Kier molecular flexibility index (Phi) is 5.09. The van der Waals surface area contributed by atoms with Crippen LogP contribution in [0.2, 0.25) is 5.02 Å². The number of benzene rings is 2. The number of aromatic nitrogens is 1. The molecule has 0 spiro atoms. The number of rotatable bonds is 3. The van der Waals surface area contributed by atoms with Gasteiger partial charge in [0.25, 0.3) is 5.91 Å². The van der Waals surface area contributed by atoms with E-state index in [-0.39, 0.29) is 42.0 Å². The van der Waals surface area contributed by atoms with Gasteiger partial charge >= 0.3 is 0 Å². The van der Waals surface area contributed by atoms with Crippen LogP contribution in [0.3, 0.4) is 0 Å². The number of hydrogen-bond donors (Lipinski definition) is 0. The highest BCUT2D eigenvalue weighted by Gasteiger charge is 2.31. The molecular weight excluding hydrogens is 425 g/mol. The van der Waals surface area contributed by atoms with Crippen molar-refractivity contribution < 1.29 is 17.6 Å². The molecule has 2 heterocycles. The van der Waals surface area contributed by atoms with Crippen molar-refractivity contribution in [2.75, 3.05) is 26.2 Å². The van der Waals surface area contributed by atoms with Crippen LogP contribution in [0.4, 0.5) is 4.39 Å². The van der Waals surface area contributed by atoms with Gasteiger partial charge in [-0.15, -0.1) is 0 Å². The number of sulfonamides is 1. The summed E-state index contributed by atoms with van der Waals surface area (Å²) < 4.78 is 45.3. The Morgan fingerprint density at radius 2 is 1.82 bits per heavy atom. The van der Waals surface area contributed by atoms with Gasteiger partial charge in [0.2, 0.25) is 10.0 Å². The van der Waals surface area contributed by atoms with E-state index in [9.17, 15) is 17.6 Å². The maximum Gasteiger partial charge on any atom is 0.274 e. The second-order valence-electron chi connectivity index (χ2n) is 6.30. The van der Waals surface area contributed by atoms with Crippen molar-refractivity contribution in [2.24, 2.45) is 0 Å². The van der Waals surface area contributed by atoms with Crippen LogP contribution in [0.15, 0.2) is 47.4 Å². The number of halogens is 2. The van der Waals surface area contributed by atoms with Gasteiger partial charge in [0.1, 0.15) is 11.5 Å². The second kappa shape index (κ2) is 7.40. The summed E-state index contributed by atoms with van der Waals surface area (Å²) in [4.78, 5) is 14.4. The lowest BCUT2D eigenvalue weighted by Gasteiger charge is -2.33. The molecule has 0 N–H and O–H groups in total. The van der Waals surface area contributed by atoms with Gasteiger partial charge in [-0.2, -0.15) is 8.68 Å². The maximum absolute atomic E-state index is 13.3. The lowest BCUT2D eigenvalue weighted by Crippen LogP contribution is -2.50. The Morgan fingerprint density at radius 1 is 1.11 bits per heavy atom. The smallest absolute Gasteiger partial charge is 0.274 e. The van der Waals surface area contributed by atoms with E-state index in [0.29, 0.717) is 5.69 Å². The van der Waals surface area contributed by atoms with E-state index in [2.05, 4.69) is 4.37 Å². The summed E-state index contributed by atoms with van der Waals surface area (Å²) in [6.07, 6.45) is 0. The molecule has 0 radical (unpaired) electrons. The van der Waals surface area contributed by atoms with Gasteiger partial charge in [0.05, 0.1) is 14.6 Å². The number of carbonyl (C=O) groups is 1. The first-order valence-electron chi connectivity index (χ1n) is 8.47. The van der Waals surface area contributed by atoms with Gasteiger partial charge in [0, 0.05) is 31.6 Å². The molecule has 0 saturated carbocycles. The highest BCUT2D eigenvalue weighted by Crippen LogP contribution is 2.26. The van der Waals surface area contributed by atoms with Gasteiger partial charge < -0.3 is 4.90 Å². The average molecular weight is 440 g/mol. The molecule has 1 aliphatic heterocycles. The first-order chi connectivity index (χ1) is 13.4. The fourth-order valence-corrected chi connectivity index (χ4v) is 5.57. The standard InChI is InChI=1S/C18H15ClFN3O3S2/c19-14-11-12(5-6-15(14)20)28(25,26)23-9-7-22(8-10-23)18(24)17-13-3-1-2-4-16(13)27-21-17/h1-6,11H,7-10H2. The molecule has 4 rings (SSSR count). The zero-order chi connectivity index (χ0) is 19.9. The molecule has 0 atom stereocenters. The minimum Gasteiger partial charge on any atom is -0.335 e. The van der Waals surface area contributed by atoms with E-state index < -0.39 is 15.8 Å². The molecular formula is C18H15ClFN3O3S2. The molecule has 0 bridgehead atoms. The fourth-order valence-electron chi connectivity index (χ4n) is 3.11. The van der Waals surface area contributed by atoms with Crippen molar-refractivity contribution in [3.63, 3.8) is 0 Å². The van der Waals surface area contributed by atoms with E-state index in [0.717, 1.165) is 22.2 Å². The molecule has 146 valence electrons. The van der Waals surface area contributed by atoms with Crippen LogP contribution in [0.5, 0.6) is 0 Å². The van der Waals surface area contributed by atoms with E-state index in [4.69, 9.17) is 11.6 Å². The van der Waals surface area contributed by atoms with E-state index >= 15 is 0 Å². The summed E-state index contributed by atoms with van der Waals surface area (Å²) in [5.41, 5.74) is 0.391. The number of piperazine rings is 1. The SMILES string of the molecule is O=C(c1nsc2ccccc12)N1CCN(S(=O)(=O)c2ccc(F)c(Cl)c2)CC1. The van der Waals surface area contributed by atoms with Gasteiger partial charge in [-0.3, -0.25) is 4.79 Å². The second-order valence-corrected chi connectivity index (χ2v) is 9.45. The van der Waals surface area contributed by atoms with Crippen LogP contribution >= 0.6 is 23.1 Å². The van der Waals surface area contributed by atoms with Crippen molar-refractivity contribution in [1.82, 2.24) is 13.6 Å². The van der Waals surface area contributed by atoms with Crippen molar-refractivity contribution in [1.29, 1.82) is 0 Å². The Bertz CT molecular complexity index is 1160. The molecule has 1 aliphatic rings. The van der Waals surface area contributed by atoms with Gasteiger partial charge in [-0.25, -0.2) is 12.8 Å². The van der Waals surface area contributed by atoms with Gasteiger partial charge in [-0.1, -0.05) is 29.8 Å². The first-order valence-corrected chi connectivity index (χ1v) is 11.1. The third kappa shape index (κ3) is 3.39. The lowest BCUT2D eigenvalue weighted by atomic mass is 10.2. The average Bonchev–Trinajstić information content (AvgIpc) is 3.13. The predicted octanol–water partition coefficient (Wildman–Crippen LogP) is 3.24. The summed E-state index contributed by atoms with van der Waals surface area (Å²) in [6.45, 7) is 0.786. The highest BCUT2D eigenvalue weighted by molar-refractivity contribution is 7.89. The van der Waals surface area contributed by atoms with Crippen molar-refractivity contribution in [2.45, 2.75) is 4.90 Å². The third-order valence-corrected chi connectivity index (χ3v) is 7.65. The van der Waals surface area contributed by atoms with Crippen molar-refractivity contribution in [3.05, 3.63) is 59.0 Å². The molecule has 28 heavy (non-hydrogen) atoms. The molecule has 10 heteroatoms. The molecule has 3 aromatic rings. The van der Waals surface area contributed by atoms with Gasteiger partial charge in [-0.05, 0) is 35.8 Å². The normalized spacial score (nSPS) is 15.9. The fraction of sp³-hybridized carbons (Fsp3) is 0.222. The maximum atomic E-state index is 13.3. The number of nitrogens with zero attached hydrogens (tertiary/aromatic N) is 3. The third-order valence-electron chi connectivity index (χ3n) is 4.63. The van der Waals surface area contributed by atoms with Crippen LogP contribution < -0.4 is 0 Å². The summed E-state index contributed by atoms with van der Waals surface area (Å²) in [5.74, 6) is -0.883. The van der Waals surface area contributed by atoms with Crippen molar-refractivity contribution >= 4 is 49.2 Å². The Balaban J connectivity index is 1.49. The van der Waals surface area contributed by atoms with Crippen LogP contribution in [0, 0.1) is 5.82 Å². The number of fused-ring (bicyclic) bond motifs is 1. The quantitative estimate of drug-likeness (QED) is 0.628. The molecule has 1 saturated heterocycles. The van der Waals surface area contributed by atoms with Crippen LogP contribution in [-0.2, 0) is 10.0 Å². The summed E-state index contributed by atoms with van der Waals surface area (Å²) in [6, 6.07) is 10.8. The van der Waals surface area contributed by atoms with Crippen LogP contribution in [0.25, 0.3) is 10.1 Å². The predicted molar refractivity (Wildman–Crippen MR) is 106 cm³/mol. The zero-order valence-electron chi connectivity index (χ0n) is 14.5. The topological polar surface area (TPSA) is 70.6 Å². The molecule has 1 aromatic heterocycles. The summed E-state index contributed by atoms with van der Waals surface area (Å²) >= 11 is 6.98. The molecule has 1 fully saturated rings. The molecule has 1 amide bonds. The minimum absolute atomic E-state index is 0.0656. The lowest BCUT2D eigenvalue weighted by molar-refractivity contribution is 0.0695. The first kappa shape index (κ1) is 19.3. The largest absolute Gasteiger partial charge is 0.335 e. The number of carbonyl (C=O) groups excluding carboxylic acids is 1. The van der Waals surface area contributed by atoms with Crippen LogP contribution in [-0.4, -0.2) is 54.1 Å². The minimum atomic E-state index is -3.81. The van der Waals surface area contributed by atoms with E-state index in [1.54, 1.807) is 4.90 Å². The molecule has 0 unspecified atom stereocenters. The Morgan fingerprint density at radius 3 is 2.54 bits per heavy atom. The number of amides is 1. The highest BCUT2D eigenvalue weighted by atomic mass is 35.5. The summed E-state index contributed by atoms with van der Waals surface area (Å²) in [5, 5.41) is 0.554. The molecule has 6 nitrogen and oxygen atoms in total. The summed E-state index contributed by atoms with van der Waals surface area (Å²) in [7, 11) is -3.81. The van der Waals surface area contributed by atoms with E-state index in [1.165, 1.54) is 21.9 Å². The molecule has 2 aromatic carbocycles.